The zero-order valence-electron chi connectivity index (χ0n) is 9.90. The van der Waals surface area contributed by atoms with Crippen molar-refractivity contribution in [1.82, 2.24) is 20.2 Å². The minimum atomic E-state index is -1.05. The van der Waals surface area contributed by atoms with Crippen molar-refractivity contribution in [1.29, 1.82) is 0 Å². The zero-order chi connectivity index (χ0) is 13.4. The van der Waals surface area contributed by atoms with Gasteiger partial charge in [0.15, 0.2) is 0 Å². The van der Waals surface area contributed by atoms with Crippen LogP contribution in [-0.2, 0) is 20.9 Å². The first-order valence-electron chi connectivity index (χ1n) is 5.40. The van der Waals surface area contributed by atoms with E-state index in [1.807, 2.05) is 6.92 Å². The molecule has 1 N–H and O–H groups in total. The first kappa shape index (κ1) is 14.4. The number of tetrazole rings is 1. The van der Waals surface area contributed by atoms with Crippen LogP contribution >= 0.6 is 11.8 Å². The number of carboxylic acids is 1. The van der Waals surface area contributed by atoms with Crippen LogP contribution in [0.5, 0.6) is 0 Å². The summed E-state index contributed by atoms with van der Waals surface area (Å²) in [6, 6.07) is 0. The van der Waals surface area contributed by atoms with E-state index in [9.17, 15) is 9.59 Å². The molecule has 9 heteroatoms. The van der Waals surface area contributed by atoms with Gasteiger partial charge in [0.05, 0.1) is 12.4 Å². The number of hydrogen-bond donors (Lipinski definition) is 1. The van der Waals surface area contributed by atoms with Crippen LogP contribution in [0.15, 0.2) is 5.16 Å². The van der Waals surface area contributed by atoms with Crippen molar-refractivity contribution in [3.63, 3.8) is 0 Å². The number of unbranched alkanes of at least 4 members (excludes halogenated alkanes) is 1. The van der Waals surface area contributed by atoms with Crippen molar-refractivity contribution < 1.29 is 19.4 Å². The molecule has 0 amide bonds. The van der Waals surface area contributed by atoms with Gasteiger partial charge in [0, 0.05) is 0 Å². The van der Waals surface area contributed by atoms with Crippen molar-refractivity contribution in [2.24, 2.45) is 0 Å². The number of esters is 1. The van der Waals surface area contributed by atoms with E-state index in [4.69, 9.17) is 9.84 Å². The fourth-order valence-electron chi connectivity index (χ4n) is 1.02. The number of aliphatic carboxylic acids is 1. The van der Waals surface area contributed by atoms with E-state index in [-0.39, 0.29) is 23.4 Å². The fraction of sp³-hybridized carbons (Fsp3) is 0.667. The van der Waals surface area contributed by atoms with Gasteiger partial charge in [-0.25, -0.2) is 4.68 Å². The predicted octanol–water partition coefficient (Wildman–Crippen LogP) is 0.193. The third-order valence-corrected chi connectivity index (χ3v) is 2.79. The number of aromatic nitrogens is 4. The number of ether oxygens (including phenoxy) is 1. The second-order valence-electron chi connectivity index (χ2n) is 3.38. The van der Waals surface area contributed by atoms with Gasteiger partial charge in [0.1, 0.15) is 6.54 Å². The molecule has 0 bridgehead atoms. The van der Waals surface area contributed by atoms with Crippen LogP contribution in [-0.4, -0.2) is 49.6 Å². The van der Waals surface area contributed by atoms with Gasteiger partial charge in [0.2, 0.25) is 5.16 Å². The SMILES string of the molecule is CCCCOC(=O)CSc1nnnn1CC(=O)O. The Bertz CT molecular complexity index is 409. The molecule has 0 unspecified atom stereocenters. The number of hydrogen-bond acceptors (Lipinski definition) is 7. The minimum absolute atomic E-state index is 0.0592. The molecule has 0 atom stereocenters. The number of carbonyl (C=O) groups is 2. The zero-order valence-corrected chi connectivity index (χ0v) is 10.7. The Morgan fingerprint density at radius 3 is 2.94 bits per heavy atom. The molecular formula is C9H14N4O4S. The summed E-state index contributed by atoms with van der Waals surface area (Å²) >= 11 is 1.05. The van der Waals surface area contributed by atoms with E-state index in [0.29, 0.717) is 6.61 Å². The Labute approximate surface area is 108 Å². The maximum absolute atomic E-state index is 11.3. The van der Waals surface area contributed by atoms with Gasteiger partial charge in [-0.3, -0.25) is 9.59 Å². The Balaban J connectivity index is 2.36. The standard InChI is InChI=1S/C9H14N4O4S/c1-2-3-4-17-8(16)6-18-9-10-11-12-13(9)5-7(14)15/h2-6H2,1H3,(H,14,15). The van der Waals surface area contributed by atoms with Crippen LogP contribution in [0.2, 0.25) is 0 Å². The lowest BCUT2D eigenvalue weighted by Gasteiger charge is -2.03. The molecule has 8 nitrogen and oxygen atoms in total. The van der Waals surface area contributed by atoms with E-state index in [2.05, 4.69) is 15.5 Å². The Kier molecular flexibility index (Phi) is 6.12. The predicted molar refractivity (Wildman–Crippen MR) is 62.0 cm³/mol. The van der Waals surface area contributed by atoms with E-state index in [0.717, 1.165) is 29.3 Å². The van der Waals surface area contributed by atoms with Crippen LogP contribution in [0.1, 0.15) is 19.8 Å². The van der Waals surface area contributed by atoms with Gasteiger partial charge in [0.25, 0.3) is 0 Å². The first-order chi connectivity index (χ1) is 8.63. The summed E-state index contributed by atoms with van der Waals surface area (Å²) in [6.45, 7) is 2.07. The van der Waals surface area contributed by atoms with Gasteiger partial charge in [-0.15, -0.1) is 5.10 Å². The molecule has 0 radical (unpaired) electrons. The van der Waals surface area contributed by atoms with E-state index >= 15 is 0 Å². The number of thioether (sulfide) groups is 1. The molecule has 1 heterocycles. The summed E-state index contributed by atoms with van der Waals surface area (Å²) < 4.78 is 6.07. The van der Waals surface area contributed by atoms with Crippen molar-refractivity contribution in [3.8, 4) is 0 Å². The van der Waals surface area contributed by atoms with Crippen LogP contribution in [0.3, 0.4) is 0 Å². The molecule has 0 aliphatic rings. The molecule has 1 aromatic rings. The normalized spacial score (nSPS) is 10.3. The lowest BCUT2D eigenvalue weighted by molar-refractivity contribution is -0.140. The van der Waals surface area contributed by atoms with Crippen molar-refractivity contribution in [2.75, 3.05) is 12.4 Å². The molecule has 0 saturated heterocycles. The number of carboxylic acid groups (broad SMARTS) is 1. The summed E-state index contributed by atoms with van der Waals surface area (Å²) in [5, 5.41) is 19.4. The highest BCUT2D eigenvalue weighted by Gasteiger charge is 2.12. The quantitative estimate of drug-likeness (QED) is 0.407. The molecular weight excluding hydrogens is 260 g/mol. The molecule has 0 saturated carbocycles. The van der Waals surface area contributed by atoms with E-state index in [1.54, 1.807) is 0 Å². The highest BCUT2D eigenvalue weighted by molar-refractivity contribution is 7.99. The molecule has 0 fully saturated rings. The fourth-order valence-corrected chi connectivity index (χ4v) is 1.70. The molecule has 0 spiro atoms. The third-order valence-electron chi connectivity index (χ3n) is 1.86. The smallest absolute Gasteiger partial charge is 0.325 e. The molecule has 0 aromatic carbocycles. The molecule has 1 rings (SSSR count). The van der Waals surface area contributed by atoms with Gasteiger partial charge in [-0.1, -0.05) is 25.1 Å². The minimum Gasteiger partial charge on any atom is -0.480 e. The molecule has 0 aliphatic heterocycles. The van der Waals surface area contributed by atoms with Gasteiger partial charge < -0.3 is 9.84 Å². The lowest BCUT2D eigenvalue weighted by atomic mass is 10.4. The third kappa shape index (κ3) is 5.13. The van der Waals surface area contributed by atoms with Crippen LogP contribution in [0.4, 0.5) is 0 Å². The highest BCUT2D eigenvalue weighted by Crippen LogP contribution is 2.13. The first-order valence-corrected chi connectivity index (χ1v) is 6.38. The maximum atomic E-state index is 11.3. The average Bonchev–Trinajstić information content (AvgIpc) is 2.73. The molecule has 1 aromatic heterocycles. The summed E-state index contributed by atoms with van der Waals surface area (Å²) in [5.74, 6) is -1.35. The molecule has 18 heavy (non-hydrogen) atoms. The molecule has 0 aliphatic carbocycles. The highest BCUT2D eigenvalue weighted by atomic mass is 32.2. The van der Waals surface area contributed by atoms with E-state index in [1.165, 1.54) is 0 Å². The van der Waals surface area contributed by atoms with Gasteiger partial charge in [-0.2, -0.15) is 0 Å². The van der Waals surface area contributed by atoms with Crippen molar-refractivity contribution in [2.45, 2.75) is 31.5 Å². The summed E-state index contributed by atoms with van der Waals surface area (Å²) in [7, 11) is 0. The molecule has 100 valence electrons. The average molecular weight is 274 g/mol. The van der Waals surface area contributed by atoms with Crippen LogP contribution in [0, 0.1) is 0 Å². The maximum Gasteiger partial charge on any atom is 0.325 e. The van der Waals surface area contributed by atoms with Crippen molar-refractivity contribution in [3.05, 3.63) is 0 Å². The van der Waals surface area contributed by atoms with Gasteiger partial charge in [-0.05, 0) is 16.8 Å². The Hall–Kier alpha value is -1.64. The lowest BCUT2D eigenvalue weighted by Crippen LogP contribution is -2.13. The number of carbonyl (C=O) groups excluding carboxylic acids is 1. The Morgan fingerprint density at radius 1 is 1.50 bits per heavy atom. The monoisotopic (exact) mass is 274 g/mol. The second-order valence-corrected chi connectivity index (χ2v) is 4.32. The second kappa shape index (κ2) is 7.64. The number of rotatable bonds is 8. The van der Waals surface area contributed by atoms with Crippen molar-refractivity contribution >= 4 is 23.7 Å². The topological polar surface area (TPSA) is 107 Å². The largest absolute Gasteiger partial charge is 0.480 e. The van der Waals surface area contributed by atoms with Gasteiger partial charge >= 0.3 is 11.9 Å². The van der Waals surface area contributed by atoms with Crippen LogP contribution < -0.4 is 0 Å². The Morgan fingerprint density at radius 2 is 2.28 bits per heavy atom. The number of nitrogens with zero attached hydrogens (tertiary/aromatic N) is 4. The van der Waals surface area contributed by atoms with Crippen LogP contribution in [0.25, 0.3) is 0 Å². The summed E-state index contributed by atoms with van der Waals surface area (Å²) in [6.07, 6.45) is 1.78. The summed E-state index contributed by atoms with van der Waals surface area (Å²) in [4.78, 5) is 21.8. The summed E-state index contributed by atoms with van der Waals surface area (Å²) in [5.41, 5.74) is 0. The van der Waals surface area contributed by atoms with E-state index < -0.39 is 5.97 Å².